The van der Waals surface area contributed by atoms with Crippen molar-refractivity contribution in [1.82, 2.24) is 0 Å². The second kappa shape index (κ2) is 9.48. The monoisotopic (exact) mass is 396 g/mol. The average Bonchev–Trinajstić information content (AvgIpc) is 3.28. The number of hydrogen-bond acceptors (Lipinski definition) is 4. The van der Waals surface area contributed by atoms with Crippen LogP contribution in [0.1, 0.15) is 41.6 Å². The number of nitrogens with zero attached hydrogens (tertiary/aromatic N) is 1. The molecule has 0 saturated carbocycles. The molecule has 28 heavy (non-hydrogen) atoms. The number of benzene rings is 2. The molecule has 4 rings (SSSR count). The lowest BCUT2D eigenvalue weighted by molar-refractivity contribution is 0.1000. The van der Waals surface area contributed by atoms with Crippen molar-refractivity contribution in [3.8, 4) is 0 Å². The normalized spacial score (nSPS) is 17.6. The Morgan fingerprint density at radius 3 is 2.68 bits per heavy atom. The fourth-order valence-electron chi connectivity index (χ4n) is 3.82. The van der Waals surface area contributed by atoms with E-state index in [1.165, 1.54) is 18.4 Å². The van der Waals surface area contributed by atoms with Crippen LogP contribution in [0, 0.1) is 0 Å². The molecule has 0 spiro atoms. The van der Waals surface area contributed by atoms with Crippen molar-refractivity contribution in [3.63, 3.8) is 0 Å². The summed E-state index contributed by atoms with van der Waals surface area (Å²) in [6.07, 6.45) is 4.73. The van der Waals surface area contributed by atoms with Gasteiger partial charge in [-0.2, -0.15) is 11.8 Å². The Bertz CT molecular complexity index is 799. The van der Waals surface area contributed by atoms with Gasteiger partial charge in [0.25, 0.3) is 5.91 Å². The van der Waals surface area contributed by atoms with Crippen molar-refractivity contribution in [3.05, 3.63) is 59.7 Å². The first-order valence-electron chi connectivity index (χ1n) is 10.2. The summed E-state index contributed by atoms with van der Waals surface area (Å²) in [7, 11) is 0. The van der Waals surface area contributed by atoms with E-state index in [1.807, 2.05) is 42.1 Å². The van der Waals surface area contributed by atoms with E-state index in [-0.39, 0.29) is 5.91 Å². The molecule has 0 atom stereocenters. The molecule has 0 radical (unpaired) electrons. The zero-order valence-electron chi connectivity index (χ0n) is 16.2. The molecule has 2 fully saturated rings. The van der Waals surface area contributed by atoms with E-state index in [9.17, 15) is 4.79 Å². The lowest BCUT2D eigenvalue weighted by Gasteiger charge is -2.21. The zero-order valence-corrected chi connectivity index (χ0v) is 17.0. The van der Waals surface area contributed by atoms with E-state index in [1.54, 1.807) is 0 Å². The summed E-state index contributed by atoms with van der Waals surface area (Å²) in [5, 5.41) is 3.75. The first-order chi connectivity index (χ1) is 13.8. The van der Waals surface area contributed by atoms with E-state index in [0.717, 1.165) is 56.3 Å². The van der Waals surface area contributed by atoms with Crippen molar-refractivity contribution < 1.29 is 9.53 Å². The highest BCUT2D eigenvalue weighted by Crippen LogP contribution is 2.27. The molecule has 2 aromatic carbocycles. The third-order valence-corrected chi connectivity index (χ3v) is 6.86. The second-order valence-electron chi connectivity index (χ2n) is 7.52. The van der Waals surface area contributed by atoms with E-state index < -0.39 is 0 Å². The summed E-state index contributed by atoms with van der Waals surface area (Å²) >= 11 is 1.99. The fourth-order valence-corrected chi connectivity index (χ4v) is 4.95. The van der Waals surface area contributed by atoms with Crippen LogP contribution in [-0.2, 0) is 10.5 Å². The molecule has 2 aromatic rings. The van der Waals surface area contributed by atoms with Crippen LogP contribution in [0.25, 0.3) is 0 Å². The summed E-state index contributed by atoms with van der Waals surface area (Å²) in [6.45, 7) is 3.92. The van der Waals surface area contributed by atoms with Crippen LogP contribution < -0.4 is 10.2 Å². The molecule has 2 heterocycles. The van der Waals surface area contributed by atoms with Gasteiger partial charge in [-0.3, -0.25) is 4.79 Å². The average molecular weight is 397 g/mol. The highest BCUT2D eigenvalue weighted by Gasteiger charge is 2.15. The topological polar surface area (TPSA) is 41.6 Å². The molecule has 1 N–H and O–H groups in total. The smallest absolute Gasteiger partial charge is 0.255 e. The van der Waals surface area contributed by atoms with E-state index >= 15 is 0 Å². The number of ether oxygens (including phenoxy) is 1. The standard InChI is InChI=1S/C23H28N2O2S/c26-23(19-6-4-8-21(16-19)25-11-1-2-12-25)24-20-7-3-5-18(15-20)17-28-22-9-13-27-14-10-22/h3-8,15-16,22H,1-2,9-14,17H2,(H,24,26). The SMILES string of the molecule is O=C(Nc1cccc(CSC2CCOCC2)c1)c1cccc(N2CCCC2)c1. The predicted octanol–water partition coefficient (Wildman–Crippen LogP) is 4.95. The van der Waals surface area contributed by atoms with Crippen LogP contribution in [-0.4, -0.2) is 37.5 Å². The van der Waals surface area contributed by atoms with Crippen molar-refractivity contribution in [2.24, 2.45) is 0 Å². The van der Waals surface area contributed by atoms with Crippen LogP contribution >= 0.6 is 11.8 Å². The van der Waals surface area contributed by atoms with Gasteiger partial charge >= 0.3 is 0 Å². The number of carbonyl (C=O) groups excluding carboxylic acids is 1. The number of hydrogen-bond donors (Lipinski definition) is 1. The summed E-state index contributed by atoms with van der Waals surface area (Å²) in [4.78, 5) is 15.1. The number of amides is 1. The van der Waals surface area contributed by atoms with Gasteiger partial charge in [0.15, 0.2) is 0 Å². The first kappa shape index (κ1) is 19.3. The van der Waals surface area contributed by atoms with Crippen molar-refractivity contribution in [1.29, 1.82) is 0 Å². The molecule has 148 valence electrons. The fraction of sp³-hybridized carbons (Fsp3) is 0.435. The highest BCUT2D eigenvalue weighted by molar-refractivity contribution is 7.99. The van der Waals surface area contributed by atoms with Gasteiger partial charge in [-0.15, -0.1) is 0 Å². The Kier molecular flexibility index (Phi) is 6.55. The van der Waals surface area contributed by atoms with Crippen molar-refractivity contribution in [2.75, 3.05) is 36.5 Å². The number of nitrogens with one attached hydrogen (secondary N) is 1. The Morgan fingerprint density at radius 1 is 1.07 bits per heavy atom. The molecule has 1 amide bonds. The van der Waals surface area contributed by atoms with Gasteiger partial charge in [0, 0.05) is 54.2 Å². The maximum absolute atomic E-state index is 12.7. The number of carbonyl (C=O) groups is 1. The molecule has 2 aliphatic rings. The first-order valence-corrected chi connectivity index (χ1v) is 11.3. The maximum atomic E-state index is 12.7. The predicted molar refractivity (Wildman–Crippen MR) is 117 cm³/mol. The molecule has 2 saturated heterocycles. The summed E-state index contributed by atoms with van der Waals surface area (Å²) in [6, 6.07) is 16.2. The highest BCUT2D eigenvalue weighted by atomic mass is 32.2. The van der Waals surface area contributed by atoms with Crippen LogP contribution in [0.15, 0.2) is 48.5 Å². The quantitative estimate of drug-likeness (QED) is 0.750. The minimum absolute atomic E-state index is 0.0460. The second-order valence-corrected chi connectivity index (χ2v) is 8.81. The molecule has 0 aromatic heterocycles. The van der Waals surface area contributed by atoms with Crippen LogP contribution in [0.5, 0.6) is 0 Å². The van der Waals surface area contributed by atoms with E-state index in [2.05, 4.69) is 28.4 Å². The van der Waals surface area contributed by atoms with Gasteiger partial charge in [-0.05, 0) is 61.6 Å². The maximum Gasteiger partial charge on any atom is 0.255 e. The minimum atomic E-state index is -0.0460. The molecule has 0 unspecified atom stereocenters. The molecule has 2 aliphatic heterocycles. The van der Waals surface area contributed by atoms with Gasteiger partial charge in [0.05, 0.1) is 0 Å². The summed E-state index contributed by atoms with van der Waals surface area (Å²) in [5.74, 6) is 0.925. The lowest BCUT2D eigenvalue weighted by atomic mass is 10.1. The van der Waals surface area contributed by atoms with Gasteiger partial charge in [0.1, 0.15) is 0 Å². The molecule has 4 nitrogen and oxygen atoms in total. The van der Waals surface area contributed by atoms with E-state index in [4.69, 9.17) is 4.74 Å². The molecule has 0 bridgehead atoms. The Balaban J connectivity index is 1.37. The molecule has 0 aliphatic carbocycles. The number of thioether (sulfide) groups is 1. The third kappa shape index (κ3) is 5.09. The Hall–Kier alpha value is -1.98. The van der Waals surface area contributed by atoms with Gasteiger partial charge < -0.3 is 15.0 Å². The number of anilines is 2. The van der Waals surface area contributed by atoms with E-state index in [0.29, 0.717) is 10.8 Å². The van der Waals surface area contributed by atoms with Crippen LogP contribution in [0.3, 0.4) is 0 Å². The van der Waals surface area contributed by atoms with Gasteiger partial charge in [0.2, 0.25) is 0 Å². The van der Waals surface area contributed by atoms with Gasteiger partial charge in [-0.1, -0.05) is 18.2 Å². The largest absolute Gasteiger partial charge is 0.381 e. The summed E-state index contributed by atoms with van der Waals surface area (Å²) < 4.78 is 5.43. The summed E-state index contributed by atoms with van der Waals surface area (Å²) in [5.41, 5.74) is 3.97. The Morgan fingerprint density at radius 2 is 1.86 bits per heavy atom. The molecular formula is C23H28N2O2S. The minimum Gasteiger partial charge on any atom is -0.381 e. The Labute approximate surface area is 171 Å². The third-order valence-electron chi connectivity index (χ3n) is 5.42. The number of rotatable bonds is 6. The molecule has 5 heteroatoms. The van der Waals surface area contributed by atoms with Crippen LogP contribution in [0.2, 0.25) is 0 Å². The lowest BCUT2D eigenvalue weighted by Crippen LogP contribution is -2.19. The molecular weight excluding hydrogens is 368 g/mol. The van der Waals surface area contributed by atoms with Crippen molar-refractivity contribution in [2.45, 2.75) is 36.7 Å². The zero-order chi connectivity index (χ0) is 19.2. The van der Waals surface area contributed by atoms with Crippen molar-refractivity contribution >= 4 is 29.0 Å². The van der Waals surface area contributed by atoms with Crippen LogP contribution in [0.4, 0.5) is 11.4 Å². The van der Waals surface area contributed by atoms with Gasteiger partial charge in [-0.25, -0.2) is 0 Å².